The number of H-pyrrole nitrogens is 1. The van der Waals surface area contributed by atoms with Crippen LogP contribution in [0.3, 0.4) is 0 Å². The Hall–Kier alpha value is -0.570. The number of hydrogen-bond donors (Lipinski definition) is 1. The van der Waals surface area contributed by atoms with Crippen molar-refractivity contribution in [1.82, 2.24) is 9.55 Å². The molecule has 0 aliphatic heterocycles. The maximum Gasteiger partial charge on any atom is 0.177 e. The van der Waals surface area contributed by atoms with E-state index in [1.54, 1.807) is 0 Å². The second-order valence-corrected chi connectivity index (χ2v) is 4.69. The average Bonchev–Trinajstić information content (AvgIpc) is 2.39. The van der Waals surface area contributed by atoms with Gasteiger partial charge in [-0.05, 0) is 30.0 Å². The van der Waals surface area contributed by atoms with Gasteiger partial charge in [-0.3, -0.25) is 0 Å². The third-order valence-electron chi connectivity index (χ3n) is 2.86. The lowest BCUT2D eigenvalue weighted by Crippen LogP contribution is -2.02. The largest absolute Gasteiger partial charge is 0.337 e. The Labute approximate surface area is 77.6 Å². The van der Waals surface area contributed by atoms with Crippen molar-refractivity contribution in [3.8, 4) is 0 Å². The second-order valence-electron chi connectivity index (χ2n) is 4.31. The van der Waals surface area contributed by atoms with E-state index in [9.17, 15) is 0 Å². The molecule has 1 atom stereocenters. The highest BCUT2D eigenvalue weighted by atomic mass is 32.1. The zero-order valence-corrected chi connectivity index (χ0v) is 8.32. The highest BCUT2D eigenvalue weighted by Gasteiger charge is 2.45. The number of nitrogens with zero attached hydrogens (tertiary/aromatic N) is 1. The molecule has 66 valence electrons. The highest BCUT2D eigenvalue weighted by molar-refractivity contribution is 7.71. The van der Waals surface area contributed by atoms with Gasteiger partial charge in [0.1, 0.15) is 0 Å². The van der Waals surface area contributed by atoms with Gasteiger partial charge in [-0.15, -0.1) is 0 Å². The molecule has 1 fully saturated rings. The summed E-state index contributed by atoms with van der Waals surface area (Å²) in [5.41, 5.74) is 0.548. The number of hydrogen-bond acceptors (Lipinski definition) is 1. The van der Waals surface area contributed by atoms with Crippen molar-refractivity contribution in [2.75, 3.05) is 0 Å². The molecule has 1 aliphatic rings. The molecule has 2 rings (SSSR count). The Bertz CT molecular complexity index is 334. The third kappa shape index (κ3) is 1.33. The summed E-state index contributed by atoms with van der Waals surface area (Å²) in [6.07, 6.45) is 5.26. The number of aromatic nitrogens is 2. The molecule has 1 aromatic heterocycles. The van der Waals surface area contributed by atoms with Gasteiger partial charge in [0.05, 0.1) is 0 Å². The van der Waals surface area contributed by atoms with E-state index in [4.69, 9.17) is 12.2 Å². The average molecular weight is 182 g/mol. The summed E-state index contributed by atoms with van der Waals surface area (Å²) in [7, 11) is 0. The number of aromatic amines is 1. The minimum Gasteiger partial charge on any atom is -0.337 e. The van der Waals surface area contributed by atoms with Gasteiger partial charge in [-0.25, -0.2) is 0 Å². The molecule has 0 spiro atoms. The lowest BCUT2D eigenvalue weighted by molar-refractivity contribution is 0.496. The van der Waals surface area contributed by atoms with Crippen LogP contribution in [0.15, 0.2) is 12.4 Å². The number of rotatable bonds is 2. The van der Waals surface area contributed by atoms with Crippen LogP contribution < -0.4 is 0 Å². The second kappa shape index (κ2) is 2.46. The normalized spacial score (nSPS) is 25.7. The Kier molecular flexibility index (Phi) is 1.65. The smallest absolute Gasteiger partial charge is 0.177 e. The molecule has 1 heterocycles. The first-order valence-corrected chi connectivity index (χ1v) is 4.74. The van der Waals surface area contributed by atoms with Gasteiger partial charge in [0, 0.05) is 18.9 Å². The first kappa shape index (κ1) is 8.05. The van der Waals surface area contributed by atoms with E-state index in [1.165, 1.54) is 6.42 Å². The lowest BCUT2D eigenvalue weighted by Gasteiger charge is -2.03. The maximum absolute atomic E-state index is 5.11. The standard InChI is InChI=1S/C9H14N2S/c1-9(2)5-7(9)6-11-4-3-10-8(11)12/h3-4,7H,5-6H2,1-2H3,(H,10,12). The van der Waals surface area contributed by atoms with Gasteiger partial charge in [0.2, 0.25) is 0 Å². The van der Waals surface area contributed by atoms with Crippen molar-refractivity contribution in [3.05, 3.63) is 17.2 Å². The minimum absolute atomic E-state index is 0.548. The van der Waals surface area contributed by atoms with Gasteiger partial charge < -0.3 is 9.55 Å². The molecule has 0 amide bonds. The van der Waals surface area contributed by atoms with Gasteiger partial charge >= 0.3 is 0 Å². The molecule has 1 aliphatic carbocycles. The number of imidazole rings is 1. The predicted molar refractivity (Wildman–Crippen MR) is 51.5 cm³/mol. The lowest BCUT2D eigenvalue weighted by atomic mass is 10.1. The maximum atomic E-state index is 5.11. The molecule has 0 saturated heterocycles. The van der Waals surface area contributed by atoms with Crippen LogP contribution in [0.2, 0.25) is 0 Å². The Balaban J connectivity index is 2.07. The number of nitrogens with one attached hydrogen (secondary N) is 1. The SMILES string of the molecule is CC1(C)CC1Cn1cc[nH]c1=S. The molecule has 0 bridgehead atoms. The van der Waals surface area contributed by atoms with Crippen LogP contribution in [0, 0.1) is 16.1 Å². The zero-order chi connectivity index (χ0) is 8.77. The van der Waals surface area contributed by atoms with E-state index in [0.717, 1.165) is 17.2 Å². The van der Waals surface area contributed by atoms with Gasteiger partial charge in [0.15, 0.2) is 4.77 Å². The van der Waals surface area contributed by atoms with E-state index in [1.807, 2.05) is 12.4 Å². The molecule has 1 unspecified atom stereocenters. The first-order valence-electron chi connectivity index (χ1n) is 4.33. The molecule has 1 saturated carbocycles. The van der Waals surface area contributed by atoms with Crippen molar-refractivity contribution >= 4 is 12.2 Å². The molecule has 3 heteroatoms. The van der Waals surface area contributed by atoms with E-state index in [0.29, 0.717) is 5.41 Å². The van der Waals surface area contributed by atoms with Crippen LogP contribution in [0.4, 0.5) is 0 Å². The van der Waals surface area contributed by atoms with Crippen LogP contribution in [-0.4, -0.2) is 9.55 Å². The van der Waals surface area contributed by atoms with Crippen LogP contribution in [0.1, 0.15) is 20.3 Å². The summed E-state index contributed by atoms with van der Waals surface area (Å²) in [5, 5.41) is 0. The third-order valence-corrected chi connectivity index (χ3v) is 3.21. The molecular formula is C9H14N2S. The van der Waals surface area contributed by atoms with E-state index < -0.39 is 0 Å². The molecule has 1 N–H and O–H groups in total. The Morgan fingerprint density at radius 1 is 1.75 bits per heavy atom. The molecule has 12 heavy (non-hydrogen) atoms. The molecule has 0 radical (unpaired) electrons. The fourth-order valence-corrected chi connectivity index (χ4v) is 1.82. The monoisotopic (exact) mass is 182 g/mol. The fourth-order valence-electron chi connectivity index (χ4n) is 1.62. The summed E-state index contributed by atoms with van der Waals surface area (Å²) in [6, 6.07) is 0. The van der Waals surface area contributed by atoms with Gasteiger partial charge in [-0.1, -0.05) is 13.8 Å². The molecule has 2 nitrogen and oxygen atoms in total. The Morgan fingerprint density at radius 2 is 2.42 bits per heavy atom. The summed E-state index contributed by atoms with van der Waals surface area (Å²) < 4.78 is 2.96. The van der Waals surface area contributed by atoms with Crippen LogP contribution in [0.25, 0.3) is 0 Å². The summed E-state index contributed by atoms with van der Waals surface area (Å²) in [4.78, 5) is 3.01. The molecule has 1 aromatic rings. The van der Waals surface area contributed by atoms with Crippen molar-refractivity contribution in [2.45, 2.75) is 26.8 Å². The quantitative estimate of drug-likeness (QED) is 0.697. The highest BCUT2D eigenvalue weighted by Crippen LogP contribution is 2.52. The zero-order valence-electron chi connectivity index (χ0n) is 7.50. The molecular weight excluding hydrogens is 168 g/mol. The van der Waals surface area contributed by atoms with Gasteiger partial charge in [0.25, 0.3) is 0 Å². The van der Waals surface area contributed by atoms with E-state index in [2.05, 4.69) is 23.4 Å². The Morgan fingerprint density at radius 3 is 2.83 bits per heavy atom. The van der Waals surface area contributed by atoms with Crippen molar-refractivity contribution in [3.63, 3.8) is 0 Å². The van der Waals surface area contributed by atoms with Crippen molar-refractivity contribution in [2.24, 2.45) is 11.3 Å². The summed E-state index contributed by atoms with van der Waals surface area (Å²) in [5.74, 6) is 0.819. The van der Waals surface area contributed by atoms with E-state index in [-0.39, 0.29) is 0 Å². The summed E-state index contributed by atoms with van der Waals surface area (Å²) >= 11 is 5.11. The summed E-state index contributed by atoms with van der Waals surface area (Å²) in [6.45, 7) is 5.71. The minimum atomic E-state index is 0.548. The van der Waals surface area contributed by atoms with Gasteiger partial charge in [-0.2, -0.15) is 0 Å². The fraction of sp³-hybridized carbons (Fsp3) is 0.667. The van der Waals surface area contributed by atoms with Crippen molar-refractivity contribution in [1.29, 1.82) is 0 Å². The van der Waals surface area contributed by atoms with E-state index >= 15 is 0 Å². The topological polar surface area (TPSA) is 20.7 Å². The molecule has 0 aromatic carbocycles. The predicted octanol–water partition coefficient (Wildman–Crippen LogP) is 2.59. The van der Waals surface area contributed by atoms with Crippen LogP contribution >= 0.6 is 12.2 Å². The van der Waals surface area contributed by atoms with Crippen LogP contribution in [0.5, 0.6) is 0 Å². The van der Waals surface area contributed by atoms with Crippen molar-refractivity contribution < 1.29 is 0 Å². The van der Waals surface area contributed by atoms with Crippen LogP contribution in [-0.2, 0) is 6.54 Å². The first-order chi connectivity index (χ1) is 5.59.